The molecule has 4 heteroatoms. The van der Waals surface area contributed by atoms with Crippen LogP contribution in [-0.4, -0.2) is 34.5 Å². The van der Waals surface area contributed by atoms with Crippen LogP contribution >= 0.6 is 0 Å². The van der Waals surface area contributed by atoms with Crippen molar-refractivity contribution in [3.05, 3.63) is 0 Å². The van der Waals surface area contributed by atoms with Crippen molar-refractivity contribution in [2.45, 2.75) is 81.2 Å². The molecule has 106 valence electrons. The summed E-state index contributed by atoms with van der Waals surface area (Å²) in [6, 6.07) is 0. The second kappa shape index (κ2) is 3.95. The monoisotopic (exact) mass is 266 g/mol. The Bertz CT molecular complexity index is 409. The molecule has 4 rings (SSSR count). The zero-order chi connectivity index (χ0) is 13.1. The lowest BCUT2D eigenvalue weighted by Gasteiger charge is -2.24. The molecule has 19 heavy (non-hydrogen) atoms. The highest BCUT2D eigenvalue weighted by molar-refractivity contribution is 5.70. The SMILES string of the molecule is O=C(O)C1CCC2(CCC34CCCCC3O4)OC2C1. The lowest BCUT2D eigenvalue weighted by Crippen LogP contribution is -2.30. The van der Waals surface area contributed by atoms with E-state index in [1.165, 1.54) is 25.7 Å². The highest BCUT2D eigenvalue weighted by Gasteiger charge is 2.63. The third kappa shape index (κ3) is 1.91. The summed E-state index contributed by atoms with van der Waals surface area (Å²) < 4.78 is 11.8. The van der Waals surface area contributed by atoms with Gasteiger partial charge in [-0.3, -0.25) is 4.79 Å². The molecule has 0 aromatic heterocycles. The molecule has 0 aromatic rings. The Morgan fingerprint density at radius 2 is 1.79 bits per heavy atom. The fourth-order valence-electron chi connectivity index (χ4n) is 4.41. The zero-order valence-electron chi connectivity index (χ0n) is 11.3. The topological polar surface area (TPSA) is 62.4 Å². The van der Waals surface area contributed by atoms with Crippen molar-refractivity contribution in [2.24, 2.45) is 5.92 Å². The maximum atomic E-state index is 11.0. The van der Waals surface area contributed by atoms with Gasteiger partial charge in [-0.05, 0) is 44.9 Å². The molecular weight excluding hydrogens is 244 g/mol. The largest absolute Gasteiger partial charge is 0.481 e. The number of epoxide rings is 2. The van der Waals surface area contributed by atoms with Crippen LogP contribution in [0, 0.1) is 5.92 Å². The maximum absolute atomic E-state index is 11.0. The number of aliphatic carboxylic acids is 1. The molecule has 0 spiro atoms. The molecule has 2 aliphatic carbocycles. The molecule has 4 nitrogen and oxygen atoms in total. The smallest absolute Gasteiger partial charge is 0.306 e. The summed E-state index contributed by atoms with van der Waals surface area (Å²) in [7, 11) is 0. The molecule has 0 amide bonds. The third-order valence-electron chi connectivity index (χ3n) is 5.86. The minimum absolute atomic E-state index is 0.0225. The van der Waals surface area contributed by atoms with Crippen molar-refractivity contribution in [1.29, 1.82) is 0 Å². The Morgan fingerprint density at radius 3 is 2.47 bits per heavy atom. The number of fused-ring (bicyclic) bond motifs is 2. The van der Waals surface area contributed by atoms with Crippen LogP contribution in [-0.2, 0) is 14.3 Å². The number of carboxylic acid groups (broad SMARTS) is 1. The fourth-order valence-corrected chi connectivity index (χ4v) is 4.41. The zero-order valence-corrected chi connectivity index (χ0v) is 11.3. The van der Waals surface area contributed by atoms with E-state index in [0.717, 1.165) is 25.7 Å². The van der Waals surface area contributed by atoms with Gasteiger partial charge >= 0.3 is 5.97 Å². The van der Waals surface area contributed by atoms with E-state index in [1.807, 2.05) is 0 Å². The summed E-state index contributed by atoms with van der Waals surface area (Å²) in [4.78, 5) is 11.0. The van der Waals surface area contributed by atoms with E-state index in [1.54, 1.807) is 0 Å². The van der Waals surface area contributed by atoms with Crippen LogP contribution in [0.25, 0.3) is 0 Å². The van der Waals surface area contributed by atoms with Crippen LogP contribution in [0.5, 0.6) is 0 Å². The van der Waals surface area contributed by atoms with Gasteiger partial charge in [-0.1, -0.05) is 12.8 Å². The van der Waals surface area contributed by atoms with Crippen LogP contribution in [0.2, 0.25) is 0 Å². The molecule has 2 heterocycles. The van der Waals surface area contributed by atoms with Gasteiger partial charge in [-0.2, -0.15) is 0 Å². The van der Waals surface area contributed by atoms with Gasteiger partial charge in [-0.15, -0.1) is 0 Å². The Morgan fingerprint density at radius 1 is 1.05 bits per heavy atom. The number of carboxylic acids is 1. The molecule has 2 aliphatic heterocycles. The first-order chi connectivity index (χ1) is 9.14. The standard InChI is InChI=1S/C15H22O4/c16-13(17)10-4-6-15(12(9-10)19-15)8-7-14-5-2-1-3-11(14)18-14/h10-12H,1-9H2,(H,16,17). The van der Waals surface area contributed by atoms with Gasteiger partial charge in [0.25, 0.3) is 0 Å². The van der Waals surface area contributed by atoms with Crippen molar-refractivity contribution in [2.75, 3.05) is 0 Å². The summed E-state index contributed by atoms with van der Waals surface area (Å²) >= 11 is 0. The normalized spacial score (nSPS) is 51.1. The number of hydrogen-bond donors (Lipinski definition) is 1. The van der Waals surface area contributed by atoms with E-state index in [2.05, 4.69) is 0 Å². The van der Waals surface area contributed by atoms with Gasteiger partial charge in [0, 0.05) is 0 Å². The van der Waals surface area contributed by atoms with Gasteiger partial charge in [0.15, 0.2) is 0 Å². The lowest BCUT2D eigenvalue weighted by atomic mass is 9.77. The van der Waals surface area contributed by atoms with Crippen molar-refractivity contribution in [3.8, 4) is 0 Å². The molecule has 2 saturated heterocycles. The first kappa shape index (κ1) is 12.2. The molecule has 0 radical (unpaired) electrons. The summed E-state index contributed by atoms with van der Waals surface area (Å²) in [5.74, 6) is -0.834. The predicted molar refractivity (Wildman–Crippen MR) is 67.9 cm³/mol. The molecule has 0 aromatic carbocycles. The van der Waals surface area contributed by atoms with Crippen LogP contribution in [0.15, 0.2) is 0 Å². The number of hydrogen-bond acceptors (Lipinski definition) is 3. The Hall–Kier alpha value is -0.610. The Kier molecular flexibility index (Phi) is 2.53. The maximum Gasteiger partial charge on any atom is 0.306 e. The minimum Gasteiger partial charge on any atom is -0.481 e. The van der Waals surface area contributed by atoms with Crippen molar-refractivity contribution in [3.63, 3.8) is 0 Å². The first-order valence-corrected chi connectivity index (χ1v) is 7.72. The molecule has 5 unspecified atom stereocenters. The van der Waals surface area contributed by atoms with E-state index in [-0.39, 0.29) is 23.2 Å². The van der Waals surface area contributed by atoms with E-state index >= 15 is 0 Å². The second-order valence-corrected chi connectivity index (χ2v) is 6.90. The summed E-state index contributed by atoms with van der Waals surface area (Å²) in [5.41, 5.74) is 0.210. The summed E-state index contributed by atoms with van der Waals surface area (Å²) in [6.45, 7) is 0. The van der Waals surface area contributed by atoms with Crippen LogP contribution in [0.4, 0.5) is 0 Å². The predicted octanol–water partition coefficient (Wildman–Crippen LogP) is 2.50. The molecule has 2 saturated carbocycles. The highest BCUT2D eigenvalue weighted by Crippen LogP contribution is 2.57. The van der Waals surface area contributed by atoms with Crippen molar-refractivity contribution in [1.82, 2.24) is 0 Å². The van der Waals surface area contributed by atoms with E-state index < -0.39 is 5.97 Å². The van der Waals surface area contributed by atoms with Crippen LogP contribution < -0.4 is 0 Å². The van der Waals surface area contributed by atoms with Crippen LogP contribution in [0.1, 0.15) is 57.8 Å². The summed E-state index contributed by atoms with van der Waals surface area (Å²) in [6.07, 6.45) is 10.4. The average Bonchev–Trinajstić information content (AvgIpc) is 3.28. The Labute approximate surface area is 113 Å². The minimum atomic E-state index is -0.652. The van der Waals surface area contributed by atoms with Gasteiger partial charge in [0.05, 0.1) is 29.3 Å². The summed E-state index contributed by atoms with van der Waals surface area (Å²) in [5, 5.41) is 9.06. The third-order valence-corrected chi connectivity index (χ3v) is 5.86. The molecule has 4 fully saturated rings. The van der Waals surface area contributed by atoms with Gasteiger partial charge in [-0.25, -0.2) is 0 Å². The lowest BCUT2D eigenvalue weighted by molar-refractivity contribution is -0.142. The molecular formula is C15H22O4. The number of carbonyl (C=O) groups is 1. The molecule has 1 N–H and O–H groups in total. The molecule has 4 aliphatic rings. The highest BCUT2D eigenvalue weighted by atomic mass is 16.6. The van der Waals surface area contributed by atoms with E-state index in [0.29, 0.717) is 12.5 Å². The van der Waals surface area contributed by atoms with E-state index in [9.17, 15) is 4.79 Å². The van der Waals surface area contributed by atoms with E-state index in [4.69, 9.17) is 14.6 Å². The van der Waals surface area contributed by atoms with Crippen molar-refractivity contribution >= 4 is 5.97 Å². The molecule has 0 bridgehead atoms. The average molecular weight is 266 g/mol. The second-order valence-electron chi connectivity index (χ2n) is 6.90. The number of rotatable bonds is 4. The molecule has 5 atom stereocenters. The first-order valence-electron chi connectivity index (χ1n) is 7.72. The fraction of sp³-hybridized carbons (Fsp3) is 0.933. The van der Waals surface area contributed by atoms with Crippen LogP contribution in [0.3, 0.4) is 0 Å². The van der Waals surface area contributed by atoms with Gasteiger partial charge in [0.2, 0.25) is 0 Å². The number of ether oxygens (including phenoxy) is 2. The van der Waals surface area contributed by atoms with Crippen molar-refractivity contribution < 1.29 is 19.4 Å². The quantitative estimate of drug-likeness (QED) is 0.794. The Balaban J connectivity index is 1.32. The van der Waals surface area contributed by atoms with Gasteiger partial charge < -0.3 is 14.6 Å². The van der Waals surface area contributed by atoms with Gasteiger partial charge in [0.1, 0.15) is 0 Å².